The van der Waals surface area contributed by atoms with Crippen molar-refractivity contribution >= 4 is 11.6 Å². The molecule has 0 spiro atoms. The van der Waals surface area contributed by atoms with Crippen molar-refractivity contribution in [1.82, 2.24) is 5.32 Å². The molecule has 0 bridgehead atoms. The lowest BCUT2D eigenvalue weighted by Crippen LogP contribution is -2.21. The van der Waals surface area contributed by atoms with Gasteiger partial charge in [-0.3, -0.25) is 0 Å². The molecule has 18 heavy (non-hydrogen) atoms. The minimum absolute atomic E-state index is 0.568. The molecule has 2 rings (SSSR count). The Labute approximate surface area is 113 Å². The van der Waals surface area contributed by atoms with Gasteiger partial charge in [-0.25, -0.2) is 0 Å². The van der Waals surface area contributed by atoms with E-state index in [4.69, 9.17) is 21.1 Å². The maximum absolute atomic E-state index is 6.18. The Hall–Kier alpha value is -0.930. The van der Waals surface area contributed by atoms with E-state index in [1.807, 2.05) is 12.1 Å². The van der Waals surface area contributed by atoms with Crippen molar-refractivity contribution in [2.24, 2.45) is 5.92 Å². The molecular formula is C14H20ClNO2. The SMILES string of the molecule is CCC(C)CNCc1cc(Cl)c2c(c1)OCCO2. The lowest BCUT2D eigenvalue weighted by molar-refractivity contribution is 0.171. The quantitative estimate of drug-likeness (QED) is 0.890. The molecule has 0 saturated heterocycles. The summed E-state index contributed by atoms with van der Waals surface area (Å²) >= 11 is 6.18. The number of halogens is 1. The van der Waals surface area contributed by atoms with Crippen LogP contribution in [0.3, 0.4) is 0 Å². The van der Waals surface area contributed by atoms with E-state index in [1.54, 1.807) is 0 Å². The highest BCUT2D eigenvalue weighted by Crippen LogP contribution is 2.38. The van der Waals surface area contributed by atoms with Gasteiger partial charge in [0.15, 0.2) is 11.5 Å². The highest BCUT2D eigenvalue weighted by atomic mass is 35.5. The zero-order chi connectivity index (χ0) is 13.0. The highest BCUT2D eigenvalue weighted by Gasteiger charge is 2.16. The van der Waals surface area contributed by atoms with Gasteiger partial charge in [-0.1, -0.05) is 31.9 Å². The summed E-state index contributed by atoms with van der Waals surface area (Å²) in [4.78, 5) is 0. The first-order valence-corrected chi connectivity index (χ1v) is 6.87. The van der Waals surface area contributed by atoms with E-state index >= 15 is 0 Å². The fourth-order valence-corrected chi connectivity index (χ4v) is 2.16. The van der Waals surface area contributed by atoms with Gasteiger partial charge in [0.1, 0.15) is 13.2 Å². The Morgan fingerprint density at radius 2 is 2.11 bits per heavy atom. The number of benzene rings is 1. The maximum Gasteiger partial charge on any atom is 0.179 e. The molecule has 1 aliphatic heterocycles. The second-order valence-corrected chi connectivity index (χ2v) is 5.15. The molecule has 1 N–H and O–H groups in total. The maximum atomic E-state index is 6.18. The van der Waals surface area contributed by atoms with E-state index < -0.39 is 0 Å². The summed E-state index contributed by atoms with van der Waals surface area (Å²) < 4.78 is 11.0. The number of fused-ring (bicyclic) bond motifs is 1. The summed E-state index contributed by atoms with van der Waals surface area (Å²) in [7, 11) is 0. The standard InChI is InChI=1S/C14H20ClNO2/c1-3-10(2)8-16-9-11-6-12(15)14-13(7-11)17-4-5-18-14/h6-7,10,16H,3-5,8-9H2,1-2H3. The summed E-state index contributed by atoms with van der Waals surface area (Å²) in [6.45, 7) is 7.42. The second kappa shape index (κ2) is 6.30. The minimum Gasteiger partial charge on any atom is -0.486 e. The largest absolute Gasteiger partial charge is 0.486 e. The molecule has 0 amide bonds. The monoisotopic (exact) mass is 269 g/mol. The number of ether oxygens (including phenoxy) is 2. The predicted molar refractivity (Wildman–Crippen MR) is 73.6 cm³/mol. The van der Waals surface area contributed by atoms with Crippen LogP contribution in [0.1, 0.15) is 25.8 Å². The van der Waals surface area contributed by atoms with Crippen molar-refractivity contribution < 1.29 is 9.47 Å². The van der Waals surface area contributed by atoms with Crippen LogP contribution >= 0.6 is 11.6 Å². The van der Waals surface area contributed by atoms with Crippen LogP contribution in [-0.4, -0.2) is 19.8 Å². The third-order valence-corrected chi connectivity index (χ3v) is 3.46. The first-order chi connectivity index (χ1) is 8.70. The third-order valence-electron chi connectivity index (χ3n) is 3.18. The molecule has 0 aromatic heterocycles. The molecular weight excluding hydrogens is 250 g/mol. The van der Waals surface area contributed by atoms with Gasteiger partial charge in [-0.05, 0) is 30.2 Å². The fraction of sp³-hybridized carbons (Fsp3) is 0.571. The number of hydrogen-bond donors (Lipinski definition) is 1. The molecule has 1 aromatic carbocycles. The molecule has 1 aromatic rings. The van der Waals surface area contributed by atoms with Crippen LogP contribution in [0.4, 0.5) is 0 Å². The predicted octanol–water partition coefficient (Wildman–Crippen LogP) is 3.25. The third kappa shape index (κ3) is 3.30. The first kappa shape index (κ1) is 13.5. The Morgan fingerprint density at radius 3 is 2.89 bits per heavy atom. The number of hydrogen-bond acceptors (Lipinski definition) is 3. The highest BCUT2D eigenvalue weighted by molar-refractivity contribution is 6.32. The van der Waals surface area contributed by atoms with Crippen molar-refractivity contribution in [2.75, 3.05) is 19.8 Å². The van der Waals surface area contributed by atoms with Gasteiger partial charge in [0, 0.05) is 6.54 Å². The molecule has 3 nitrogen and oxygen atoms in total. The average Bonchev–Trinajstić information content (AvgIpc) is 2.38. The number of nitrogens with one attached hydrogen (secondary N) is 1. The molecule has 1 atom stereocenters. The van der Waals surface area contributed by atoms with Gasteiger partial charge in [0.2, 0.25) is 0 Å². The zero-order valence-electron chi connectivity index (χ0n) is 11.0. The van der Waals surface area contributed by atoms with E-state index in [0.717, 1.165) is 24.4 Å². The molecule has 1 unspecified atom stereocenters. The van der Waals surface area contributed by atoms with Gasteiger partial charge < -0.3 is 14.8 Å². The van der Waals surface area contributed by atoms with E-state index in [-0.39, 0.29) is 0 Å². The lowest BCUT2D eigenvalue weighted by Gasteiger charge is -2.20. The Bertz CT molecular complexity index is 409. The molecule has 1 aliphatic rings. The van der Waals surface area contributed by atoms with Crippen LogP contribution in [-0.2, 0) is 6.54 Å². The van der Waals surface area contributed by atoms with E-state index in [0.29, 0.717) is 29.9 Å². The Kier molecular flexibility index (Phi) is 4.72. The topological polar surface area (TPSA) is 30.5 Å². The van der Waals surface area contributed by atoms with Crippen LogP contribution in [0.15, 0.2) is 12.1 Å². The van der Waals surface area contributed by atoms with Crippen molar-refractivity contribution in [2.45, 2.75) is 26.8 Å². The molecule has 0 fully saturated rings. The molecule has 1 heterocycles. The van der Waals surface area contributed by atoms with Crippen molar-refractivity contribution in [3.63, 3.8) is 0 Å². The summed E-state index contributed by atoms with van der Waals surface area (Å²) in [5, 5.41) is 4.06. The smallest absolute Gasteiger partial charge is 0.179 e. The normalized spacial score (nSPS) is 15.5. The lowest BCUT2D eigenvalue weighted by atomic mass is 10.1. The van der Waals surface area contributed by atoms with Crippen molar-refractivity contribution in [1.29, 1.82) is 0 Å². The van der Waals surface area contributed by atoms with Gasteiger partial charge >= 0.3 is 0 Å². The van der Waals surface area contributed by atoms with Crippen LogP contribution in [0.25, 0.3) is 0 Å². The summed E-state index contributed by atoms with van der Waals surface area (Å²) in [6, 6.07) is 3.95. The van der Waals surface area contributed by atoms with Crippen LogP contribution < -0.4 is 14.8 Å². The zero-order valence-corrected chi connectivity index (χ0v) is 11.7. The van der Waals surface area contributed by atoms with Crippen molar-refractivity contribution in [3.8, 4) is 11.5 Å². The van der Waals surface area contributed by atoms with E-state index in [1.165, 1.54) is 6.42 Å². The fourth-order valence-electron chi connectivity index (χ4n) is 1.87. The number of rotatable bonds is 5. The van der Waals surface area contributed by atoms with E-state index in [2.05, 4.69) is 19.2 Å². The Balaban J connectivity index is 1.99. The summed E-state index contributed by atoms with van der Waals surface area (Å²) in [6.07, 6.45) is 1.19. The minimum atomic E-state index is 0.568. The average molecular weight is 270 g/mol. The summed E-state index contributed by atoms with van der Waals surface area (Å²) in [5.41, 5.74) is 1.13. The molecule has 0 radical (unpaired) electrons. The van der Waals surface area contributed by atoms with E-state index in [9.17, 15) is 0 Å². The van der Waals surface area contributed by atoms with Crippen LogP contribution in [0, 0.1) is 5.92 Å². The van der Waals surface area contributed by atoms with Crippen molar-refractivity contribution in [3.05, 3.63) is 22.7 Å². The van der Waals surface area contributed by atoms with Crippen LogP contribution in [0.5, 0.6) is 11.5 Å². The molecule has 0 aliphatic carbocycles. The second-order valence-electron chi connectivity index (χ2n) is 4.75. The van der Waals surface area contributed by atoms with Gasteiger partial charge in [0.05, 0.1) is 5.02 Å². The van der Waals surface area contributed by atoms with Crippen LogP contribution in [0.2, 0.25) is 5.02 Å². The molecule has 0 saturated carbocycles. The van der Waals surface area contributed by atoms with Gasteiger partial charge in [-0.15, -0.1) is 0 Å². The van der Waals surface area contributed by atoms with Gasteiger partial charge in [-0.2, -0.15) is 0 Å². The summed E-state index contributed by atoms with van der Waals surface area (Å²) in [5.74, 6) is 2.13. The van der Waals surface area contributed by atoms with Gasteiger partial charge in [0.25, 0.3) is 0 Å². The first-order valence-electron chi connectivity index (χ1n) is 6.49. The molecule has 100 valence electrons. The molecule has 4 heteroatoms. The Morgan fingerprint density at radius 1 is 1.33 bits per heavy atom.